The Labute approximate surface area is 158 Å². The Morgan fingerprint density at radius 1 is 1.22 bits per heavy atom. The number of furan rings is 1. The number of nitrogens with zero attached hydrogens (tertiary/aromatic N) is 1. The van der Waals surface area contributed by atoms with Crippen molar-refractivity contribution in [1.29, 1.82) is 0 Å². The van der Waals surface area contributed by atoms with Crippen molar-refractivity contribution in [2.24, 2.45) is 0 Å². The lowest BCUT2D eigenvalue weighted by atomic mass is 10.1. The minimum absolute atomic E-state index is 0.0362. The molecular weight excluding hydrogens is 348 g/mol. The van der Waals surface area contributed by atoms with Gasteiger partial charge >= 0.3 is 0 Å². The normalized spacial score (nSPS) is 13.3. The topological polar surface area (TPSA) is 81.0 Å². The maximum Gasteiger partial charge on any atom is 0.257 e. The zero-order valence-electron chi connectivity index (χ0n) is 15.6. The Morgan fingerprint density at radius 3 is 2.78 bits per heavy atom. The molecule has 0 fully saturated rings. The van der Waals surface area contributed by atoms with E-state index in [1.807, 2.05) is 32.0 Å². The Morgan fingerprint density at radius 2 is 2.04 bits per heavy atom. The molecule has 1 aliphatic heterocycles. The second-order valence-electron chi connectivity index (χ2n) is 6.48. The van der Waals surface area contributed by atoms with Crippen molar-refractivity contribution >= 4 is 11.8 Å². The van der Waals surface area contributed by atoms with Crippen molar-refractivity contribution in [1.82, 2.24) is 10.2 Å². The lowest BCUT2D eigenvalue weighted by Gasteiger charge is -2.28. The lowest BCUT2D eigenvalue weighted by Crippen LogP contribution is -2.40. The van der Waals surface area contributed by atoms with Gasteiger partial charge in [-0.2, -0.15) is 0 Å². The van der Waals surface area contributed by atoms with Gasteiger partial charge in [-0.05, 0) is 37.1 Å². The number of hydrogen-bond acceptors (Lipinski definition) is 5. The minimum Gasteiger partial charge on any atom is -0.472 e. The van der Waals surface area contributed by atoms with Crippen molar-refractivity contribution in [2.75, 3.05) is 13.3 Å². The predicted octanol–water partition coefficient (Wildman–Crippen LogP) is 2.96. The minimum atomic E-state index is -0.123. The molecule has 1 aromatic heterocycles. The van der Waals surface area contributed by atoms with Gasteiger partial charge in [0.25, 0.3) is 5.91 Å². The van der Waals surface area contributed by atoms with Gasteiger partial charge in [-0.25, -0.2) is 0 Å². The van der Waals surface area contributed by atoms with Gasteiger partial charge in [0.2, 0.25) is 12.7 Å². The molecule has 0 bridgehead atoms. The molecule has 0 saturated heterocycles. The first-order valence-electron chi connectivity index (χ1n) is 9.07. The third-order valence-corrected chi connectivity index (χ3v) is 4.66. The van der Waals surface area contributed by atoms with E-state index in [1.165, 1.54) is 12.5 Å². The van der Waals surface area contributed by atoms with Crippen LogP contribution in [0.1, 0.15) is 42.6 Å². The number of carbonyl (C=O) groups is 2. The summed E-state index contributed by atoms with van der Waals surface area (Å²) in [6.07, 6.45) is 3.94. The summed E-state index contributed by atoms with van der Waals surface area (Å²) < 4.78 is 15.6. The number of rotatable bonds is 8. The number of carbonyl (C=O) groups excluding carboxylic acids is 2. The fourth-order valence-electron chi connectivity index (χ4n) is 2.86. The van der Waals surface area contributed by atoms with E-state index in [0.29, 0.717) is 30.2 Å². The average Bonchev–Trinajstić information content (AvgIpc) is 3.37. The standard InChI is InChI=1S/C20H24N2O5/c1-3-14(2)22(20(24)16-7-9-25-12-16)8-6-19(23)21-11-15-4-5-17-18(10-15)27-13-26-17/h4-5,7,9-10,12,14H,3,6,8,11,13H2,1-2H3,(H,21,23). The van der Waals surface area contributed by atoms with Crippen LogP contribution in [0.5, 0.6) is 11.5 Å². The molecule has 27 heavy (non-hydrogen) atoms. The first-order valence-corrected chi connectivity index (χ1v) is 9.07. The lowest BCUT2D eigenvalue weighted by molar-refractivity contribution is -0.121. The quantitative estimate of drug-likeness (QED) is 0.770. The maximum atomic E-state index is 12.6. The van der Waals surface area contributed by atoms with Crippen LogP contribution in [0.4, 0.5) is 0 Å². The van der Waals surface area contributed by atoms with Crippen LogP contribution in [-0.4, -0.2) is 36.1 Å². The highest BCUT2D eigenvalue weighted by molar-refractivity contribution is 5.94. The molecular formula is C20H24N2O5. The second kappa shape index (κ2) is 8.62. The summed E-state index contributed by atoms with van der Waals surface area (Å²) in [5, 5.41) is 2.88. The van der Waals surface area contributed by atoms with Gasteiger partial charge in [0.15, 0.2) is 11.5 Å². The Hall–Kier alpha value is -2.96. The monoisotopic (exact) mass is 372 g/mol. The van der Waals surface area contributed by atoms with Gasteiger partial charge in [-0.3, -0.25) is 9.59 Å². The van der Waals surface area contributed by atoms with E-state index in [9.17, 15) is 9.59 Å². The van der Waals surface area contributed by atoms with E-state index in [-0.39, 0.29) is 31.1 Å². The molecule has 1 unspecified atom stereocenters. The van der Waals surface area contributed by atoms with Gasteiger partial charge in [0, 0.05) is 25.6 Å². The van der Waals surface area contributed by atoms with Crippen LogP contribution in [0.2, 0.25) is 0 Å². The summed E-state index contributed by atoms with van der Waals surface area (Å²) in [6, 6.07) is 7.25. The number of amides is 2. The van der Waals surface area contributed by atoms with Crippen LogP contribution in [0.25, 0.3) is 0 Å². The fraction of sp³-hybridized carbons (Fsp3) is 0.400. The van der Waals surface area contributed by atoms with E-state index < -0.39 is 0 Å². The molecule has 1 N–H and O–H groups in total. The number of hydrogen-bond donors (Lipinski definition) is 1. The summed E-state index contributed by atoms with van der Waals surface area (Å²) >= 11 is 0. The number of benzene rings is 1. The van der Waals surface area contributed by atoms with E-state index in [0.717, 1.165) is 12.0 Å². The Bertz CT molecular complexity index is 788. The Kier molecular flexibility index (Phi) is 6.01. The molecule has 0 spiro atoms. The first-order chi connectivity index (χ1) is 13.1. The van der Waals surface area contributed by atoms with Crippen LogP contribution in [0, 0.1) is 0 Å². The van der Waals surface area contributed by atoms with Crippen molar-refractivity contribution in [3.05, 3.63) is 47.9 Å². The number of fused-ring (bicyclic) bond motifs is 1. The molecule has 2 heterocycles. The SMILES string of the molecule is CCC(C)N(CCC(=O)NCc1ccc2c(c1)OCO2)C(=O)c1ccoc1. The van der Waals surface area contributed by atoms with Crippen molar-refractivity contribution in [3.8, 4) is 11.5 Å². The average molecular weight is 372 g/mol. The second-order valence-corrected chi connectivity index (χ2v) is 6.48. The van der Waals surface area contributed by atoms with Gasteiger partial charge < -0.3 is 24.1 Å². The third-order valence-electron chi connectivity index (χ3n) is 4.66. The molecule has 1 aromatic carbocycles. The number of ether oxygens (including phenoxy) is 2. The van der Waals surface area contributed by atoms with E-state index in [1.54, 1.807) is 11.0 Å². The van der Waals surface area contributed by atoms with Gasteiger partial charge in [-0.1, -0.05) is 13.0 Å². The van der Waals surface area contributed by atoms with E-state index >= 15 is 0 Å². The smallest absolute Gasteiger partial charge is 0.257 e. The maximum absolute atomic E-state index is 12.6. The van der Waals surface area contributed by atoms with Crippen LogP contribution in [-0.2, 0) is 11.3 Å². The summed E-state index contributed by atoms with van der Waals surface area (Å²) in [4.78, 5) is 26.6. The molecule has 7 heteroatoms. The summed E-state index contributed by atoms with van der Waals surface area (Å²) in [5.41, 5.74) is 1.43. The fourth-order valence-corrected chi connectivity index (χ4v) is 2.86. The van der Waals surface area contributed by atoms with Crippen LogP contribution >= 0.6 is 0 Å². The van der Waals surface area contributed by atoms with Gasteiger partial charge in [0.1, 0.15) is 6.26 Å². The Balaban J connectivity index is 1.52. The van der Waals surface area contributed by atoms with Gasteiger partial charge in [-0.15, -0.1) is 0 Å². The van der Waals surface area contributed by atoms with Gasteiger partial charge in [0.05, 0.1) is 11.8 Å². The molecule has 1 aliphatic rings. The summed E-state index contributed by atoms with van der Waals surface area (Å²) in [5.74, 6) is 1.17. The zero-order chi connectivity index (χ0) is 19.2. The van der Waals surface area contributed by atoms with Crippen molar-refractivity contribution in [3.63, 3.8) is 0 Å². The molecule has 3 rings (SSSR count). The number of nitrogens with one attached hydrogen (secondary N) is 1. The van der Waals surface area contributed by atoms with Crippen LogP contribution in [0.3, 0.4) is 0 Å². The summed E-state index contributed by atoms with van der Waals surface area (Å²) in [6.45, 7) is 4.96. The van der Waals surface area contributed by atoms with Crippen molar-refractivity contribution < 1.29 is 23.5 Å². The molecule has 1 atom stereocenters. The molecule has 0 saturated carbocycles. The third kappa shape index (κ3) is 4.61. The molecule has 2 amide bonds. The highest BCUT2D eigenvalue weighted by Gasteiger charge is 2.22. The van der Waals surface area contributed by atoms with Crippen LogP contribution < -0.4 is 14.8 Å². The molecule has 2 aromatic rings. The molecule has 144 valence electrons. The highest BCUT2D eigenvalue weighted by Crippen LogP contribution is 2.32. The zero-order valence-corrected chi connectivity index (χ0v) is 15.6. The van der Waals surface area contributed by atoms with E-state index in [4.69, 9.17) is 13.9 Å². The molecule has 0 radical (unpaired) electrons. The van der Waals surface area contributed by atoms with Crippen molar-refractivity contribution in [2.45, 2.75) is 39.3 Å². The predicted molar refractivity (Wildman–Crippen MR) is 98.5 cm³/mol. The molecule has 0 aliphatic carbocycles. The van der Waals surface area contributed by atoms with Crippen LogP contribution in [0.15, 0.2) is 41.2 Å². The summed E-state index contributed by atoms with van der Waals surface area (Å²) in [7, 11) is 0. The largest absolute Gasteiger partial charge is 0.472 e. The van der Waals surface area contributed by atoms with E-state index in [2.05, 4.69) is 5.32 Å². The highest BCUT2D eigenvalue weighted by atomic mass is 16.7. The molecule has 7 nitrogen and oxygen atoms in total. The first kappa shape index (κ1) is 18.8.